The third-order valence-corrected chi connectivity index (χ3v) is 17.7. The molecule has 8 amide bonds. The molecule has 2 heterocycles. The number of rotatable bonds is 34. The molecule has 8 rings (SSSR count). The van der Waals surface area contributed by atoms with Gasteiger partial charge in [-0.3, -0.25) is 33.6 Å². The zero-order valence-electron chi connectivity index (χ0n) is 50.7. The lowest BCUT2D eigenvalue weighted by molar-refractivity contribution is -0.135. The zero-order valence-corrected chi connectivity index (χ0v) is 51.6. The second-order valence-electron chi connectivity index (χ2n) is 23.6. The third kappa shape index (κ3) is 21.0. The largest absolute Gasteiger partial charge is 0.391 e. The summed E-state index contributed by atoms with van der Waals surface area (Å²) in [5.41, 5.74) is 4.41. The number of ketones is 1. The molecule has 2 aliphatic rings. The van der Waals surface area contributed by atoms with Crippen molar-refractivity contribution in [3.8, 4) is 0 Å². The van der Waals surface area contributed by atoms with Gasteiger partial charge in [0.25, 0.3) is 5.91 Å². The Kier molecular flexibility index (Phi) is 25.5. The lowest BCUT2D eigenvalue weighted by Crippen LogP contribution is -2.58. The topological polar surface area (TPSA) is 253 Å². The summed E-state index contributed by atoms with van der Waals surface area (Å²) in [5, 5.41) is 36.5. The molecule has 9 N–H and O–H groups in total. The van der Waals surface area contributed by atoms with Gasteiger partial charge in [-0.25, -0.2) is 4.79 Å². The van der Waals surface area contributed by atoms with Gasteiger partial charge in [-0.2, -0.15) is 11.8 Å². The van der Waals surface area contributed by atoms with E-state index in [0.717, 1.165) is 53.7 Å². The van der Waals surface area contributed by atoms with Crippen molar-refractivity contribution in [1.82, 2.24) is 42.5 Å². The number of aliphatic hydroxyl groups excluding tert-OH is 1. The minimum atomic E-state index is -1.27. The maximum atomic E-state index is 15.0. The van der Waals surface area contributed by atoms with Gasteiger partial charge in [0.2, 0.25) is 29.5 Å². The van der Waals surface area contributed by atoms with Crippen molar-refractivity contribution < 1.29 is 43.5 Å². The number of carbonyl (C=O) groups is 8. The molecule has 6 aromatic carbocycles. The number of amides is 8. The molecule has 89 heavy (non-hydrogen) atoms. The average molecular weight is 1230 g/mol. The maximum Gasteiger partial charge on any atom is 0.315 e. The lowest BCUT2D eigenvalue weighted by Gasteiger charge is -2.29. The van der Waals surface area contributed by atoms with Crippen LogP contribution in [0.3, 0.4) is 0 Å². The molecule has 18 heteroatoms. The Morgan fingerprint density at radius 3 is 1.57 bits per heavy atom. The molecule has 0 radical (unpaired) electrons. The van der Waals surface area contributed by atoms with Crippen molar-refractivity contribution in [3.05, 3.63) is 215 Å². The molecule has 9 atom stereocenters. The Balaban J connectivity index is 0.913. The van der Waals surface area contributed by atoms with E-state index >= 15 is 4.79 Å². The first-order chi connectivity index (χ1) is 43.1. The average Bonchev–Trinajstić information content (AvgIpc) is 2.56. The fourth-order valence-corrected chi connectivity index (χ4v) is 13.0. The van der Waals surface area contributed by atoms with Crippen LogP contribution in [0.1, 0.15) is 114 Å². The minimum Gasteiger partial charge on any atom is -0.391 e. The number of nitrogens with one attached hydrogen (secondary N) is 8. The molecule has 0 unspecified atom stereocenters. The van der Waals surface area contributed by atoms with E-state index in [2.05, 4.69) is 42.5 Å². The van der Waals surface area contributed by atoms with Gasteiger partial charge in [-0.1, -0.05) is 178 Å². The van der Waals surface area contributed by atoms with Gasteiger partial charge >= 0.3 is 6.03 Å². The smallest absolute Gasteiger partial charge is 0.315 e. The number of thioether (sulfide) groups is 1. The van der Waals surface area contributed by atoms with Gasteiger partial charge in [0, 0.05) is 66.0 Å². The summed E-state index contributed by atoms with van der Waals surface area (Å²) < 4.78 is 0. The van der Waals surface area contributed by atoms with E-state index in [1.165, 1.54) is 0 Å². The molecule has 0 aromatic heterocycles. The van der Waals surface area contributed by atoms with Crippen LogP contribution in [0, 0.1) is 11.8 Å². The summed E-state index contributed by atoms with van der Waals surface area (Å²) >= 11 is 1.83. The number of hydrogen-bond acceptors (Lipinski definition) is 10. The van der Waals surface area contributed by atoms with E-state index in [4.69, 9.17) is 0 Å². The molecule has 468 valence electrons. The summed E-state index contributed by atoms with van der Waals surface area (Å²) in [6.07, 6.45) is 3.57. The van der Waals surface area contributed by atoms with E-state index in [1.807, 2.05) is 153 Å². The van der Waals surface area contributed by atoms with Gasteiger partial charge in [0.05, 0.1) is 24.2 Å². The molecule has 0 saturated carbocycles. The van der Waals surface area contributed by atoms with Crippen LogP contribution in [0.25, 0.3) is 0 Å². The SMILES string of the molecule is CC(C)C[C@H](NC(=O)[C@H](Cc1ccccc1)NC(=O)[C@H](Cc1ccccc1)C[C@@H](O)[C@H](Cc1ccccc1)NC(=O)c1ccc(C(=O)c2ccccc2)cc1)C(=O)N[C@@H](Cc1ccccc1)C(=O)NCCCCCNC(=O)CCC[C@@H]1SC[C@@H]2NC(=O)N[C@@H]21. The van der Waals surface area contributed by atoms with Crippen LogP contribution in [0.5, 0.6) is 0 Å². The number of hydrogen-bond donors (Lipinski definition) is 9. The van der Waals surface area contributed by atoms with Crippen LogP contribution in [0.2, 0.25) is 0 Å². The lowest BCUT2D eigenvalue weighted by atomic mass is 9.88. The van der Waals surface area contributed by atoms with E-state index in [9.17, 15) is 38.7 Å². The summed E-state index contributed by atoms with van der Waals surface area (Å²) in [7, 11) is 0. The fourth-order valence-electron chi connectivity index (χ4n) is 11.4. The van der Waals surface area contributed by atoms with Gasteiger partial charge in [0.1, 0.15) is 18.1 Å². The predicted molar refractivity (Wildman–Crippen MR) is 347 cm³/mol. The van der Waals surface area contributed by atoms with Crippen LogP contribution in [0.15, 0.2) is 176 Å². The second-order valence-corrected chi connectivity index (χ2v) is 24.9. The maximum absolute atomic E-state index is 15.0. The van der Waals surface area contributed by atoms with E-state index in [0.29, 0.717) is 42.3 Å². The van der Waals surface area contributed by atoms with Crippen LogP contribution < -0.4 is 42.5 Å². The molecule has 0 bridgehead atoms. The first kappa shape index (κ1) is 66.3. The Bertz CT molecular complexity index is 3250. The van der Waals surface area contributed by atoms with Crippen molar-refractivity contribution in [1.29, 1.82) is 0 Å². The van der Waals surface area contributed by atoms with Crippen molar-refractivity contribution >= 4 is 59.0 Å². The van der Waals surface area contributed by atoms with Gasteiger partial charge < -0.3 is 47.6 Å². The highest BCUT2D eigenvalue weighted by molar-refractivity contribution is 8.00. The van der Waals surface area contributed by atoms with Gasteiger partial charge in [-0.15, -0.1) is 0 Å². The summed E-state index contributed by atoms with van der Waals surface area (Å²) in [6.45, 7) is 4.70. The van der Waals surface area contributed by atoms with Crippen molar-refractivity contribution in [2.45, 2.75) is 139 Å². The van der Waals surface area contributed by atoms with Gasteiger partial charge in [-0.05, 0) is 98.1 Å². The van der Waals surface area contributed by atoms with Crippen molar-refractivity contribution in [3.63, 3.8) is 0 Å². The zero-order chi connectivity index (χ0) is 62.9. The highest BCUT2D eigenvalue weighted by Crippen LogP contribution is 2.33. The number of carbonyl (C=O) groups excluding carboxylic acids is 8. The Labute approximate surface area is 526 Å². The first-order valence-corrected chi connectivity index (χ1v) is 32.2. The summed E-state index contributed by atoms with van der Waals surface area (Å²) in [6, 6.07) is 48.4. The monoisotopic (exact) mass is 1220 g/mol. The Hall–Kier alpha value is -8.61. The summed E-state index contributed by atoms with van der Waals surface area (Å²) in [4.78, 5) is 110. The molecule has 0 spiro atoms. The molecular formula is C71H84N8O9S. The Morgan fingerprint density at radius 2 is 0.989 bits per heavy atom. The molecule has 0 aliphatic carbocycles. The molecule has 17 nitrogen and oxygen atoms in total. The molecule has 2 saturated heterocycles. The predicted octanol–water partition coefficient (Wildman–Crippen LogP) is 7.59. The third-order valence-electron chi connectivity index (χ3n) is 16.2. The number of fused-ring (bicyclic) bond motifs is 1. The second kappa shape index (κ2) is 34.2. The van der Waals surface area contributed by atoms with Crippen LogP contribution in [0.4, 0.5) is 4.79 Å². The fraction of sp³-hybridized carbons (Fsp3) is 0.380. The standard InChI is InChI=1S/C71H84N8O9S/c1-47(2)40-57(69(86)77-58(43-50-26-13-5-14-27-50)68(85)73-39-20-8-19-38-72-63(81)33-21-32-62-64-60(46-89-62)78-71(88)79-64)76-70(87)59(44-51-28-15-6-16-29-51)75-67(84)55(41-48-22-9-3-10-23-48)45-61(80)56(42-49-24-11-4-12-25-49)74-66(83)54-36-34-53(35-37-54)65(82)52-30-17-7-18-31-52/h3-7,9-18,22-31,34-37,47,55-62,64,80H,8,19-21,32-33,38-46H2,1-2H3,(H,72,81)(H,73,85)(H,74,83)(H,75,84)(H,76,87)(H,77,86)(H2,78,79,88)/t55-,56+,57+,58+,59+,60+,61-,62+,64+/m1/s1. The van der Waals surface area contributed by atoms with Crippen molar-refractivity contribution in [2.75, 3.05) is 18.8 Å². The molecule has 6 aromatic rings. The van der Waals surface area contributed by atoms with Crippen LogP contribution >= 0.6 is 11.8 Å². The minimum absolute atomic E-state index is 0.0116. The van der Waals surface area contributed by atoms with Gasteiger partial charge in [0.15, 0.2) is 5.78 Å². The summed E-state index contributed by atoms with van der Waals surface area (Å²) in [5.74, 6) is -2.89. The molecule has 2 fully saturated rings. The normalized spacial score (nSPS) is 17.0. The first-order valence-electron chi connectivity index (χ1n) is 31.1. The highest BCUT2D eigenvalue weighted by atomic mass is 32.2. The number of unbranched alkanes of at least 4 members (excludes halogenated alkanes) is 2. The number of urea groups is 1. The number of benzene rings is 6. The van der Waals surface area contributed by atoms with Crippen LogP contribution in [-0.4, -0.2) is 119 Å². The molecule has 2 aliphatic heterocycles. The van der Waals surface area contributed by atoms with Crippen molar-refractivity contribution in [2.24, 2.45) is 11.8 Å². The quantitative estimate of drug-likeness (QED) is 0.0109. The van der Waals surface area contributed by atoms with E-state index in [-0.39, 0.29) is 85.7 Å². The van der Waals surface area contributed by atoms with Crippen LogP contribution in [-0.2, 0) is 49.7 Å². The van der Waals surface area contributed by atoms with E-state index in [1.54, 1.807) is 48.5 Å². The van der Waals surface area contributed by atoms with E-state index < -0.39 is 59.8 Å². The number of aliphatic hydroxyl groups is 1. The Morgan fingerprint density at radius 1 is 0.506 bits per heavy atom. The molecular weight excluding hydrogens is 1140 g/mol. The highest BCUT2D eigenvalue weighted by Gasteiger charge is 2.43.